The van der Waals surface area contributed by atoms with E-state index in [0.717, 1.165) is 12.8 Å². The lowest BCUT2D eigenvalue weighted by Crippen LogP contribution is -2.09. The van der Waals surface area contributed by atoms with E-state index in [2.05, 4.69) is 37.4 Å². The van der Waals surface area contributed by atoms with Gasteiger partial charge in [-0.3, -0.25) is 0 Å². The third-order valence-electron chi connectivity index (χ3n) is 2.14. The zero-order valence-corrected chi connectivity index (χ0v) is 10.3. The first-order valence-electron chi connectivity index (χ1n) is 4.67. The second-order valence-corrected chi connectivity index (χ2v) is 4.05. The summed E-state index contributed by atoms with van der Waals surface area (Å²) in [5, 5.41) is 0. The van der Waals surface area contributed by atoms with E-state index in [-0.39, 0.29) is 18.4 Å². The summed E-state index contributed by atoms with van der Waals surface area (Å²) in [6, 6.07) is 8.74. The zero-order valence-electron chi connectivity index (χ0n) is 8.69. The summed E-state index contributed by atoms with van der Waals surface area (Å²) in [6.07, 6.45) is 4.30. The van der Waals surface area contributed by atoms with Gasteiger partial charge < -0.3 is 5.73 Å². The fourth-order valence-electron chi connectivity index (χ4n) is 1.33. The van der Waals surface area contributed by atoms with Gasteiger partial charge in [0, 0.05) is 10.9 Å². The molecule has 0 aliphatic heterocycles. The van der Waals surface area contributed by atoms with Crippen molar-refractivity contribution in [3.63, 3.8) is 0 Å². The molecule has 0 unspecified atom stereocenters. The molecule has 3 heteroatoms. The maximum absolute atomic E-state index is 5.99. The van der Waals surface area contributed by atoms with Gasteiger partial charge in [-0.1, -0.05) is 25.5 Å². The number of hydrogen-bond donors (Lipinski definition) is 1. The lowest BCUT2D eigenvalue weighted by atomic mass is 10.0. The smallest absolute Gasteiger partial charge is 0.0294 e. The van der Waals surface area contributed by atoms with Gasteiger partial charge in [0.05, 0.1) is 0 Å². The minimum absolute atomic E-state index is 0. The SMILES string of the molecule is CCC[C@@H](N)c1ccc(SC)cc1.Cl. The summed E-state index contributed by atoms with van der Waals surface area (Å²) >= 11 is 1.76. The summed E-state index contributed by atoms with van der Waals surface area (Å²) in [4.78, 5) is 1.30. The monoisotopic (exact) mass is 231 g/mol. The van der Waals surface area contributed by atoms with Gasteiger partial charge in [0.15, 0.2) is 0 Å². The van der Waals surface area contributed by atoms with Gasteiger partial charge in [0.1, 0.15) is 0 Å². The lowest BCUT2D eigenvalue weighted by Gasteiger charge is -2.10. The highest BCUT2D eigenvalue weighted by atomic mass is 35.5. The first-order valence-corrected chi connectivity index (χ1v) is 5.90. The quantitative estimate of drug-likeness (QED) is 0.801. The van der Waals surface area contributed by atoms with E-state index in [1.54, 1.807) is 11.8 Å². The number of nitrogens with two attached hydrogens (primary N) is 1. The summed E-state index contributed by atoms with van der Waals surface area (Å²) in [5.41, 5.74) is 7.24. The van der Waals surface area contributed by atoms with Crippen LogP contribution < -0.4 is 5.73 Å². The van der Waals surface area contributed by atoms with E-state index >= 15 is 0 Å². The molecule has 0 bridgehead atoms. The van der Waals surface area contributed by atoms with Crippen LogP contribution in [-0.4, -0.2) is 6.26 Å². The Labute approximate surface area is 96.9 Å². The molecule has 0 fully saturated rings. The van der Waals surface area contributed by atoms with Crippen LogP contribution in [0.5, 0.6) is 0 Å². The molecule has 1 rings (SSSR count). The maximum atomic E-state index is 5.99. The molecule has 1 nitrogen and oxygen atoms in total. The lowest BCUT2D eigenvalue weighted by molar-refractivity contribution is 0.638. The Morgan fingerprint density at radius 2 is 1.86 bits per heavy atom. The van der Waals surface area contributed by atoms with E-state index in [1.807, 2.05) is 0 Å². The molecule has 1 aromatic carbocycles. The average Bonchev–Trinajstić information content (AvgIpc) is 2.18. The van der Waals surface area contributed by atoms with Crippen molar-refractivity contribution >= 4 is 24.2 Å². The van der Waals surface area contributed by atoms with E-state index in [4.69, 9.17) is 5.73 Å². The highest BCUT2D eigenvalue weighted by Gasteiger charge is 2.03. The molecule has 1 aromatic rings. The number of thioether (sulfide) groups is 1. The second kappa shape index (κ2) is 7.16. The van der Waals surface area contributed by atoms with Crippen LogP contribution in [0.1, 0.15) is 31.4 Å². The van der Waals surface area contributed by atoms with Crippen molar-refractivity contribution < 1.29 is 0 Å². The normalized spacial score (nSPS) is 11.9. The third-order valence-corrected chi connectivity index (χ3v) is 2.89. The molecule has 1 atom stereocenters. The summed E-state index contributed by atoms with van der Waals surface area (Å²) in [7, 11) is 0. The molecule has 0 amide bonds. The summed E-state index contributed by atoms with van der Waals surface area (Å²) in [5.74, 6) is 0. The Morgan fingerprint density at radius 3 is 2.29 bits per heavy atom. The molecular weight excluding hydrogens is 214 g/mol. The Hall–Kier alpha value is -0.180. The third kappa shape index (κ3) is 3.91. The van der Waals surface area contributed by atoms with Crippen molar-refractivity contribution in [3.8, 4) is 0 Å². The minimum atomic E-state index is 0. The fourth-order valence-corrected chi connectivity index (χ4v) is 1.74. The Kier molecular flexibility index (Phi) is 7.06. The highest BCUT2D eigenvalue weighted by Crippen LogP contribution is 2.20. The van der Waals surface area contributed by atoms with Crippen LogP contribution >= 0.6 is 24.2 Å². The van der Waals surface area contributed by atoms with Gasteiger partial charge in [-0.05, 0) is 30.4 Å². The summed E-state index contributed by atoms with van der Waals surface area (Å²) in [6.45, 7) is 2.16. The molecule has 14 heavy (non-hydrogen) atoms. The summed E-state index contributed by atoms with van der Waals surface area (Å²) < 4.78 is 0. The van der Waals surface area contributed by atoms with Crippen molar-refractivity contribution in [1.82, 2.24) is 0 Å². The predicted molar refractivity (Wildman–Crippen MR) is 67.3 cm³/mol. The highest BCUT2D eigenvalue weighted by molar-refractivity contribution is 7.98. The van der Waals surface area contributed by atoms with Crippen molar-refractivity contribution in [2.24, 2.45) is 5.73 Å². The number of rotatable bonds is 4. The first kappa shape index (κ1) is 13.8. The average molecular weight is 232 g/mol. The number of benzene rings is 1. The molecule has 0 saturated heterocycles. The maximum Gasteiger partial charge on any atom is 0.0294 e. The molecule has 2 N–H and O–H groups in total. The topological polar surface area (TPSA) is 26.0 Å². The van der Waals surface area contributed by atoms with Crippen molar-refractivity contribution in [3.05, 3.63) is 29.8 Å². The van der Waals surface area contributed by atoms with Crippen LogP contribution in [0.25, 0.3) is 0 Å². The van der Waals surface area contributed by atoms with Crippen molar-refractivity contribution in [1.29, 1.82) is 0 Å². The van der Waals surface area contributed by atoms with Gasteiger partial charge in [-0.2, -0.15) is 0 Å². The Bertz CT molecular complexity index is 248. The molecule has 80 valence electrons. The number of halogens is 1. The first-order chi connectivity index (χ1) is 6.27. The standard InChI is InChI=1S/C11H17NS.ClH/c1-3-4-11(12)9-5-7-10(13-2)8-6-9;/h5-8,11H,3-4,12H2,1-2H3;1H/t11-;/m1./s1. The van der Waals surface area contributed by atoms with Crippen LogP contribution in [-0.2, 0) is 0 Å². The second-order valence-electron chi connectivity index (χ2n) is 3.17. The van der Waals surface area contributed by atoms with E-state index < -0.39 is 0 Å². The molecular formula is C11H18ClNS. The van der Waals surface area contributed by atoms with Crippen molar-refractivity contribution in [2.45, 2.75) is 30.7 Å². The van der Waals surface area contributed by atoms with Crippen LogP contribution in [0, 0.1) is 0 Å². The molecule has 0 radical (unpaired) electrons. The molecule has 0 aliphatic rings. The molecule has 0 saturated carbocycles. The van der Waals surface area contributed by atoms with Gasteiger partial charge in [-0.25, -0.2) is 0 Å². The van der Waals surface area contributed by atoms with E-state index in [1.165, 1.54) is 10.5 Å². The van der Waals surface area contributed by atoms with Crippen molar-refractivity contribution in [2.75, 3.05) is 6.26 Å². The zero-order chi connectivity index (χ0) is 9.68. The largest absolute Gasteiger partial charge is 0.324 e. The fraction of sp³-hybridized carbons (Fsp3) is 0.455. The van der Waals surface area contributed by atoms with E-state index in [0.29, 0.717) is 0 Å². The molecule has 0 spiro atoms. The van der Waals surface area contributed by atoms with Crippen LogP contribution in [0.2, 0.25) is 0 Å². The van der Waals surface area contributed by atoms with Gasteiger partial charge >= 0.3 is 0 Å². The van der Waals surface area contributed by atoms with Gasteiger partial charge in [0.2, 0.25) is 0 Å². The van der Waals surface area contributed by atoms with Crippen LogP contribution in [0.3, 0.4) is 0 Å². The molecule has 0 heterocycles. The van der Waals surface area contributed by atoms with Gasteiger partial charge in [-0.15, -0.1) is 24.2 Å². The predicted octanol–water partition coefficient (Wildman–Crippen LogP) is 3.63. The van der Waals surface area contributed by atoms with Crippen LogP contribution in [0.4, 0.5) is 0 Å². The Balaban J connectivity index is 0.00000169. The van der Waals surface area contributed by atoms with E-state index in [9.17, 15) is 0 Å². The Morgan fingerprint density at radius 1 is 1.29 bits per heavy atom. The molecule has 0 aromatic heterocycles. The minimum Gasteiger partial charge on any atom is -0.324 e. The van der Waals surface area contributed by atoms with Crippen LogP contribution in [0.15, 0.2) is 29.2 Å². The van der Waals surface area contributed by atoms with Gasteiger partial charge in [0.25, 0.3) is 0 Å². The number of hydrogen-bond acceptors (Lipinski definition) is 2. The molecule has 0 aliphatic carbocycles.